The predicted octanol–water partition coefficient (Wildman–Crippen LogP) is 1.66. The molecule has 1 fully saturated rings. The lowest BCUT2D eigenvalue weighted by Gasteiger charge is -2.28. The molecule has 7 nitrogen and oxygen atoms in total. The Morgan fingerprint density at radius 3 is 2.52 bits per heavy atom. The lowest BCUT2D eigenvalue weighted by molar-refractivity contribution is -0.145. The number of aromatic amines is 1. The first-order valence-electron chi connectivity index (χ1n) is 7.54. The summed E-state index contributed by atoms with van der Waals surface area (Å²) in [6, 6.07) is 0. The van der Waals surface area contributed by atoms with Gasteiger partial charge in [0.1, 0.15) is 11.4 Å². The number of rotatable bonds is 5. The molecular weight excluding hydrogens is 272 g/mol. The second-order valence-corrected chi connectivity index (χ2v) is 5.61. The first kappa shape index (κ1) is 15.5. The lowest BCUT2D eigenvalue weighted by Crippen LogP contribution is -2.54. The minimum atomic E-state index is -1.18. The van der Waals surface area contributed by atoms with Crippen LogP contribution < -0.4 is 5.32 Å². The predicted molar refractivity (Wildman–Crippen MR) is 75.9 cm³/mol. The summed E-state index contributed by atoms with van der Waals surface area (Å²) >= 11 is 0. The van der Waals surface area contributed by atoms with Crippen molar-refractivity contribution in [1.29, 1.82) is 0 Å². The van der Waals surface area contributed by atoms with Gasteiger partial charge in [-0.3, -0.25) is 9.89 Å². The molecule has 0 unspecified atom stereocenters. The SMILES string of the molecule is CCCc1nc(C(=O)NC2(C(=O)O)CCCCCC2)n[nH]1. The second kappa shape index (κ2) is 6.69. The summed E-state index contributed by atoms with van der Waals surface area (Å²) in [5.74, 6) is -0.823. The molecule has 0 atom stereocenters. The molecule has 0 saturated heterocycles. The molecule has 0 aromatic carbocycles. The van der Waals surface area contributed by atoms with E-state index in [0.29, 0.717) is 25.1 Å². The van der Waals surface area contributed by atoms with Gasteiger partial charge in [-0.05, 0) is 19.3 Å². The smallest absolute Gasteiger partial charge is 0.329 e. The molecular formula is C14H22N4O3. The van der Waals surface area contributed by atoms with Crippen molar-refractivity contribution in [3.8, 4) is 0 Å². The molecule has 116 valence electrons. The van der Waals surface area contributed by atoms with Gasteiger partial charge in [0.25, 0.3) is 5.91 Å². The maximum Gasteiger partial charge on any atom is 0.329 e. The molecule has 1 aromatic rings. The fraction of sp³-hybridized carbons (Fsp3) is 0.714. The van der Waals surface area contributed by atoms with Crippen molar-refractivity contribution in [1.82, 2.24) is 20.5 Å². The van der Waals surface area contributed by atoms with Crippen LogP contribution in [0, 0.1) is 0 Å². The van der Waals surface area contributed by atoms with Crippen LogP contribution in [0.2, 0.25) is 0 Å². The Bertz CT molecular complexity index is 504. The molecule has 1 aliphatic rings. The van der Waals surface area contributed by atoms with Gasteiger partial charge < -0.3 is 10.4 Å². The highest BCUT2D eigenvalue weighted by Crippen LogP contribution is 2.27. The minimum absolute atomic E-state index is 0.0170. The third-order valence-corrected chi connectivity index (χ3v) is 3.94. The van der Waals surface area contributed by atoms with Gasteiger partial charge in [0.05, 0.1) is 0 Å². The van der Waals surface area contributed by atoms with Crippen LogP contribution in [0.1, 0.15) is 68.3 Å². The highest BCUT2D eigenvalue weighted by Gasteiger charge is 2.40. The molecule has 7 heteroatoms. The number of carbonyl (C=O) groups excluding carboxylic acids is 1. The standard InChI is InChI=1S/C14H22N4O3/c1-2-7-10-15-11(18-17-10)12(19)16-14(13(20)21)8-5-3-4-6-9-14/h2-9H2,1H3,(H,16,19)(H,20,21)(H,15,17,18). The fourth-order valence-electron chi connectivity index (χ4n) is 2.74. The molecule has 21 heavy (non-hydrogen) atoms. The largest absolute Gasteiger partial charge is 0.480 e. The van der Waals surface area contributed by atoms with E-state index in [2.05, 4.69) is 20.5 Å². The van der Waals surface area contributed by atoms with E-state index in [-0.39, 0.29) is 5.82 Å². The Morgan fingerprint density at radius 1 is 1.29 bits per heavy atom. The van der Waals surface area contributed by atoms with Crippen LogP contribution in [0.3, 0.4) is 0 Å². The van der Waals surface area contributed by atoms with E-state index < -0.39 is 17.4 Å². The number of nitrogens with one attached hydrogen (secondary N) is 2. The first-order valence-corrected chi connectivity index (χ1v) is 7.54. The van der Waals surface area contributed by atoms with Crippen molar-refractivity contribution in [3.05, 3.63) is 11.6 Å². The number of carbonyl (C=O) groups is 2. The van der Waals surface area contributed by atoms with Gasteiger partial charge in [-0.25, -0.2) is 9.78 Å². The third-order valence-electron chi connectivity index (χ3n) is 3.94. The maximum atomic E-state index is 12.2. The van der Waals surface area contributed by atoms with Gasteiger partial charge in [0.15, 0.2) is 0 Å². The van der Waals surface area contributed by atoms with Crippen LogP contribution in [-0.4, -0.2) is 37.7 Å². The number of nitrogens with zero attached hydrogens (tertiary/aromatic N) is 2. The zero-order chi connectivity index (χ0) is 15.3. The minimum Gasteiger partial charge on any atom is -0.480 e. The van der Waals surface area contributed by atoms with Crippen LogP contribution in [0.4, 0.5) is 0 Å². The zero-order valence-electron chi connectivity index (χ0n) is 12.3. The number of aliphatic carboxylic acids is 1. The number of H-pyrrole nitrogens is 1. The average molecular weight is 294 g/mol. The average Bonchev–Trinajstić information content (AvgIpc) is 2.78. The molecule has 1 heterocycles. The van der Waals surface area contributed by atoms with Gasteiger partial charge in [-0.2, -0.15) is 0 Å². The Labute approximate surface area is 123 Å². The van der Waals surface area contributed by atoms with E-state index in [9.17, 15) is 14.7 Å². The highest BCUT2D eigenvalue weighted by atomic mass is 16.4. The van der Waals surface area contributed by atoms with E-state index in [1.165, 1.54) is 0 Å². The van der Waals surface area contributed by atoms with Crippen molar-refractivity contribution in [2.75, 3.05) is 0 Å². The maximum absolute atomic E-state index is 12.2. The molecule has 1 aliphatic carbocycles. The van der Waals surface area contributed by atoms with Crippen molar-refractivity contribution in [3.63, 3.8) is 0 Å². The van der Waals surface area contributed by atoms with Crippen LogP contribution in [-0.2, 0) is 11.2 Å². The number of aromatic nitrogens is 3. The van der Waals surface area contributed by atoms with Crippen molar-refractivity contribution in [2.24, 2.45) is 0 Å². The Kier molecular flexibility index (Phi) is 4.93. The number of carboxylic acid groups (broad SMARTS) is 1. The summed E-state index contributed by atoms with van der Waals surface area (Å²) < 4.78 is 0. The van der Waals surface area contributed by atoms with Crippen molar-refractivity contribution >= 4 is 11.9 Å². The summed E-state index contributed by atoms with van der Waals surface area (Å²) in [6.07, 6.45) is 6.15. The van der Waals surface area contributed by atoms with Crippen molar-refractivity contribution < 1.29 is 14.7 Å². The van der Waals surface area contributed by atoms with E-state index >= 15 is 0 Å². The Morgan fingerprint density at radius 2 is 1.95 bits per heavy atom. The van der Waals surface area contributed by atoms with E-state index in [1.54, 1.807) is 0 Å². The molecule has 1 saturated carbocycles. The second-order valence-electron chi connectivity index (χ2n) is 5.61. The molecule has 1 amide bonds. The summed E-state index contributed by atoms with van der Waals surface area (Å²) in [6.45, 7) is 2.01. The molecule has 0 aliphatic heterocycles. The molecule has 1 aromatic heterocycles. The Hall–Kier alpha value is -1.92. The molecule has 3 N–H and O–H groups in total. The van der Waals surface area contributed by atoms with E-state index in [0.717, 1.165) is 32.1 Å². The van der Waals surface area contributed by atoms with Crippen LogP contribution in [0.25, 0.3) is 0 Å². The summed E-state index contributed by atoms with van der Waals surface area (Å²) in [4.78, 5) is 28.0. The van der Waals surface area contributed by atoms with Gasteiger partial charge in [0, 0.05) is 6.42 Å². The fourth-order valence-corrected chi connectivity index (χ4v) is 2.74. The number of hydrogen-bond donors (Lipinski definition) is 3. The van der Waals surface area contributed by atoms with Crippen LogP contribution in [0.15, 0.2) is 0 Å². The van der Waals surface area contributed by atoms with Crippen LogP contribution >= 0.6 is 0 Å². The number of aryl methyl sites for hydroxylation is 1. The third kappa shape index (κ3) is 3.59. The molecule has 0 spiro atoms. The monoisotopic (exact) mass is 294 g/mol. The normalized spacial score (nSPS) is 18.0. The van der Waals surface area contributed by atoms with Crippen LogP contribution in [0.5, 0.6) is 0 Å². The molecule has 0 radical (unpaired) electrons. The van der Waals surface area contributed by atoms with Gasteiger partial charge in [0.2, 0.25) is 5.82 Å². The molecule has 2 rings (SSSR count). The van der Waals surface area contributed by atoms with Gasteiger partial charge in [-0.1, -0.05) is 32.6 Å². The summed E-state index contributed by atoms with van der Waals surface area (Å²) in [5.41, 5.74) is -1.18. The van der Waals surface area contributed by atoms with E-state index in [1.807, 2.05) is 6.92 Å². The molecule has 0 bridgehead atoms. The highest BCUT2D eigenvalue weighted by molar-refractivity contribution is 5.95. The number of carboxylic acids is 1. The van der Waals surface area contributed by atoms with Gasteiger partial charge >= 0.3 is 5.97 Å². The Balaban J connectivity index is 2.11. The van der Waals surface area contributed by atoms with Gasteiger partial charge in [-0.15, -0.1) is 5.10 Å². The quantitative estimate of drug-likeness (QED) is 0.716. The van der Waals surface area contributed by atoms with E-state index in [4.69, 9.17) is 0 Å². The first-order chi connectivity index (χ1) is 10.1. The summed E-state index contributed by atoms with van der Waals surface area (Å²) in [5, 5.41) is 18.8. The lowest BCUT2D eigenvalue weighted by atomic mass is 9.90. The van der Waals surface area contributed by atoms with Crippen molar-refractivity contribution in [2.45, 2.75) is 63.8 Å². The zero-order valence-corrected chi connectivity index (χ0v) is 12.3. The summed E-state index contributed by atoms with van der Waals surface area (Å²) in [7, 11) is 0. The topological polar surface area (TPSA) is 108 Å². The number of hydrogen-bond acceptors (Lipinski definition) is 4. The number of amides is 1.